The van der Waals surface area contributed by atoms with E-state index in [1.807, 2.05) is 13.8 Å². The molecule has 0 aromatic carbocycles. The highest BCUT2D eigenvalue weighted by atomic mass is 16.3. The van der Waals surface area contributed by atoms with Crippen molar-refractivity contribution in [3.63, 3.8) is 0 Å². The third kappa shape index (κ3) is 3.98. The Labute approximate surface area is 122 Å². The molecule has 0 aliphatic heterocycles. The van der Waals surface area contributed by atoms with Gasteiger partial charge in [0.2, 0.25) is 5.91 Å². The molecule has 6 heteroatoms. The summed E-state index contributed by atoms with van der Waals surface area (Å²) in [6.07, 6.45) is 2.95. The van der Waals surface area contributed by atoms with Crippen LogP contribution in [0.3, 0.4) is 0 Å². The fraction of sp³-hybridized carbons (Fsp3) is 0.333. The van der Waals surface area contributed by atoms with Crippen LogP contribution in [0.25, 0.3) is 0 Å². The summed E-state index contributed by atoms with van der Waals surface area (Å²) in [5.41, 5.74) is 0. The Balaban J connectivity index is 1.94. The van der Waals surface area contributed by atoms with E-state index in [2.05, 4.69) is 10.6 Å². The smallest absolute Gasteiger partial charge is 0.287 e. The van der Waals surface area contributed by atoms with Gasteiger partial charge >= 0.3 is 0 Å². The summed E-state index contributed by atoms with van der Waals surface area (Å²) >= 11 is 0. The van der Waals surface area contributed by atoms with Crippen LogP contribution in [0.4, 0.5) is 0 Å². The molecule has 2 aromatic heterocycles. The Kier molecular flexibility index (Phi) is 4.81. The minimum absolute atomic E-state index is 0.0551. The van der Waals surface area contributed by atoms with Crippen molar-refractivity contribution >= 4 is 11.8 Å². The van der Waals surface area contributed by atoms with Gasteiger partial charge in [-0.1, -0.05) is 13.8 Å². The molecule has 6 nitrogen and oxygen atoms in total. The van der Waals surface area contributed by atoms with Gasteiger partial charge in [0.1, 0.15) is 11.8 Å². The Morgan fingerprint density at radius 1 is 1.14 bits per heavy atom. The second-order valence-electron chi connectivity index (χ2n) is 4.97. The lowest BCUT2D eigenvalue weighted by Crippen LogP contribution is -2.49. The van der Waals surface area contributed by atoms with Gasteiger partial charge in [-0.05, 0) is 30.2 Å². The number of hydrogen-bond acceptors (Lipinski definition) is 4. The SMILES string of the molecule is CC(C)[C@@H](NC(=O)c1ccco1)C(=O)NCc1ccco1. The third-order valence-corrected chi connectivity index (χ3v) is 3.00. The predicted molar refractivity (Wildman–Crippen MR) is 75.4 cm³/mol. The highest BCUT2D eigenvalue weighted by Crippen LogP contribution is 2.06. The zero-order valence-corrected chi connectivity index (χ0v) is 12.0. The number of rotatable bonds is 6. The van der Waals surface area contributed by atoms with E-state index < -0.39 is 11.9 Å². The summed E-state index contributed by atoms with van der Waals surface area (Å²) in [6, 6.07) is 6.05. The minimum Gasteiger partial charge on any atom is -0.467 e. The number of carbonyl (C=O) groups excluding carboxylic acids is 2. The van der Waals surface area contributed by atoms with Crippen molar-refractivity contribution < 1.29 is 18.4 Å². The molecule has 2 heterocycles. The maximum atomic E-state index is 12.2. The third-order valence-electron chi connectivity index (χ3n) is 3.00. The van der Waals surface area contributed by atoms with Crippen molar-refractivity contribution in [2.24, 2.45) is 5.92 Å². The zero-order chi connectivity index (χ0) is 15.2. The molecule has 2 aromatic rings. The number of amides is 2. The molecule has 2 N–H and O–H groups in total. The lowest BCUT2D eigenvalue weighted by molar-refractivity contribution is -0.124. The van der Waals surface area contributed by atoms with E-state index in [1.165, 1.54) is 6.26 Å². The second kappa shape index (κ2) is 6.78. The average molecular weight is 290 g/mol. The van der Waals surface area contributed by atoms with Crippen molar-refractivity contribution in [1.82, 2.24) is 10.6 Å². The van der Waals surface area contributed by atoms with Crippen molar-refractivity contribution in [3.05, 3.63) is 48.3 Å². The molecule has 0 unspecified atom stereocenters. The van der Waals surface area contributed by atoms with Gasteiger partial charge in [-0.15, -0.1) is 0 Å². The van der Waals surface area contributed by atoms with Crippen LogP contribution in [0.2, 0.25) is 0 Å². The summed E-state index contributed by atoms with van der Waals surface area (Å²) in [7, 11) is 0. The standard InChI is InChI=1S/C15H18N2O4/c1-10(2)13(17-14(18)12-6-4-8-21-12)15(19)16-9-11-5-3-7-20-11/h3-8,10,13H,9H2,1-2H3,(H,16,19)(H,17,18)/t13-/m1/s1. The largest absolute Gasteiger partial charge is 0.467 e. The van der Waals surface area contributed by atoms with E-state index in [-0.39, 0.29) is 24.1 Å². The molecule has 2 rings (SSSR count). The van der Waals surface area contributed by atoms with E-state index >= 15 is 0 Å². The van der Waals surface area contributed by atoms with Gasteiger partial charge in [0.05, 0.1) is 19.1 Å². The fourth-order valence-corrected chi connectivity index (χ4v) is 1.85. The molecule has 0 aliphatic rings. The maximum Gasteiger partial charge on any atom is 0.287 e. The molecule has 112 valence electrons. The van der Waals surface area contributed by atoms with E-state index in [1.54, 1.807) is 30.5 Å². The van der Waals surface area contributed by atoms with Crippen LogP contribution in [-0.2, 0) is 11.3 Å². The highest BCUT2D eigenvalue weighted by Gasteiger charge is 2.25. The topological polar surface area (TPSA) is 84.5 Å². The molecule has 2 amide bonds. The number of furan rings is 2. The van der Waals surface area contributed by atoms with Gasteiger partial charge in [-0.3, -0.25) is 9.59 Å². The van der Waals surface area contributed by atoms with E-state index in [0.29, 0.717) is 5.76 Å². The first kappa shape index (κ1) is 14.9. The predicted octanol–water partition coefficient (Wildman–Crippen LogP) is 1.94. The Morgan fingerprint density at radius 2 is 1.86 bits per heavy atom. The molecule has 0 saturated carbocycles. The van der Waals surface area contributed by atoms with Crippen molar-refractivity contribution in [2.75, 3.05) is 0 Å². The van der Waals surface area contributed by atoms with E-state index in [0.717, 1.165) is 0 Å². The fourth-order valence-electron chi connectivity index (χ4n) is 1.85. The summed E-state index contributed by atoms with van der Waals surface area (Å²) < 4.78 is 10.2. The molecular weight excluding hydrogens is 272 g/mol. The average Bonchev–Trinajstić information content (AvgIpc) is 3.13. The number of carbonyl (C=O) groups is 2. The maximum absolute atomic E-state index is 12.2. The molecular formula is C15H18N2O4. The number of hydrogen-bond donors (Lipinski definition) is 2. The first-order chi connectivity index (χ1) is 10.1. The first-order valence-electron chi connectivity index (χ1n) is 6.72. The monoisotopic (exact) mass is 290 g/mol. The normalized spacial score (nSPS) is 12.1. The Morgan fingerprint density at radius 3 is 2.43 bits per heavy atom. The minimum atomic E-state index is -0.641. The van der Waals surface area contributed by atoms with Gasteiger partial charge in [-0.2, -0.15) is 0 Å². The van der Waals surface area contributed by atoms with Gasteiger partial charge in [0.25, 0.3) is 5.91 Å². The molecule has 0 aliphatic carbocycles. The van der Waals surface area contributed by atoms with Gasteiger partial charge in [0.15, 0.2) is 5.76 Å². The van der Waals surface area contributed by atoms with Crippen LogP contribution in [0.15, 0.2) is 45.6 Å². The Hall–Kier alpha value is -2.50. The molecule has 0 fully saturated rings. The van der Waals surface area contributed by atoms with E-state index in [9.17, 15) is 9.59 Å². The number of nitrogens with one attached hydrogen (secondary N) is 2. The Bertz CT molecular complexity index is 573. The van der Waals surface area contributed by atoms with E-state index in [4.69, 9.17) is 8.83 Å². The van der Waals surface area contributed by atoms with Crippen LogP contribution in [0, 0.1) is 5.92 Å². The van der Waals surface area contributed by atoms with Gasteiger partial charge in [0, 0.05) is 0 Å². The van der Waals surface area contributed by atoms with Crippen molar-refractivity contribution in [1.29, 1.82) is 0 Å². The summed E-state index contributed by atoms with van der Waals surface area (Å²) in [5.74, 6) is 0.108. The summed E-state index contributed by atoms with van der Waals surface area (Å²) in [4.78, 5) is 24.1. The van der Waals surface area contributed by atoms with Crippen LogP contribution in [0.1, 0.15) is 30.2 Å². The van der Waals surface area contributed by atoms with Crippen molar-refractivity contribution in [2.45, 2.75) is 26.4 Å². The van der Waals surface area contributed by atoms with Crippen LogP contribution in [0.5, 0.6) is 0 Å². The van der Waals surface area contributed by atoms with Crippen molar-refractivity contribution in [3.8, 4) is 0 Å². The molecule has 21 heavy (non-hydrogen) atoms. The molecule has 0 saturated heterocycles. The molecule has 1 atom stereocenters. The van der Waals surface area contributed by atoms with Gasteiger partial charge < -0.3 is 19.5 Å². The quantitative estimate of drug-likeness (QED) is 0.851. The highest BCUT2D eigenvalue weighted by molar-refractivity contribution is 5.95. The second-order valence-corrected chi connectivity index (χ2v) is 4.97. The lowest BCUT2D eigenvalue weighted by atomic mass is 10.0. The summed E-state index contributed by atoms with van der Waals surface area (Å²) in [6.45, 7) is 4.00. The van der Waals surface area contributed by atoms with Crippen LogP contribution >= 0.6 is 0 Å². The van der Waals surface area contributed by atoms with Crippen LogP contribution < -0.4 is 10.6 Å². The molecule has 0 bridgehead atoms. The molecule has 0 spiro atoms. The molecule has 0 radical (unpaired) electrons. The zero-order valence-electron chi connectivity index (χ0n) is 12.0. The van der Waals surface area contributed by atoms with Crippen LogP contribution in [-0.4, -0.2) is 17.9 Å². The lowest BCUT2D eigenvalue weighted by Gasteiger charge is -2.20. The first-order valence-corrected chi connectivity index (χ1v) is 6.72. The summed E-state index contributed by atoms with van der Waals surface area (Å²) in [5, 5.41) is 5.41. The van der Waals surface area contributed by atoms with Gasteiger partial charge in [-0.25, -0.2) is 0 Å².